The van der Waals surface area contributed by atoms with Gasteiger partial charge in [-0.05, 0) is 25.1 Å². The van der Waals surface area contributed by atoms with Crippen LogP contribution in [0.25, 0.3) is 0 Å². The third-order valence-corrected chi connectivity index (χ3v) is 3.41. The second-order valence-corrected chi connectivity index (χ2v) is 4.91. The van der Waals surface area contributed by atoms with E-state index in [1.165, 1.54) is 5.01 Å². The summed E-state index contributed by atoms with van der Waals surface area (Å²) < 4.78 is 0. The van der Waals surface area contributed by atoms with Gasteiger partial charge in [-0.1, -0.05) is 11.6 Å². The molecule has 1 saturated heterocycles. The molecule has 0 saturated carbocycles. The third kappa shape index (κ3) is 4.03. The largest absolute Gasteiger partial charge is 1.00 e. The van der Waals surface area contributed by atoms with Gasteiger partial charge < -0.3 is 23.0 Å². The number of carbonyl (C=O) groups is 1. The van der Waals surface area contributed by atoms with Crippen LogP contribution in [-0.4, -0.2) is 24.8 Å². The van der Waals surface area contributed by atoms with Gasteiger partial charge in [-0.15, -0.1) is 12.4 Å². The molecule has 0 aliphatic carbocycles. The van der Waals surface area contributed by atoms with Crippen LogP contribution in [0.15, 0.2) is 33.7 Å². The molecule has 0 radical (unpaired) electrons. The first-order valence-electron chi connectivity index (χ1n) is 6.20. The van der Waals surface area contributed by atoms with Gasteiger partial charge in [0.1, 0.15) is 0 Å². The molecule has 0 aromatic heterocycles. The Morgan fingerprint density at radius 1 is 1.55 bits per heavy atom. The van der Waals surface area contributed by atoms with Crippen molar-refractivity contribution >= 4 is 41.9 Å². The molecule has 0 spiro atoms. The highest BCUT2D eigenvalue weighted by molar-refractivity contribution is 6.30. The maximum absolute atomic E-state index is 11.8. The van der Waals surface area contributed by atoms with Gasteiger partial charge in [0, 0.05) is 20.5 Å². The summed E-state index contributed by atoms with van der Waals surface area (Å²) in [5, 5.41) is 18.8. The Morgan fingerprint density at radius 3 is 2.91 bits per heavy atom. The van der Waals surface area contributed by atoms with Gasteiger partial charge in [-0.2, -0.15) is 0 Å². The first kappa shape index (κ1) is 18.5. The molecule has 7 nitrogen and oxygen atoms in total. The number of nitrogens with zero attached hydrogens (tertiary/aromatic N) is 4. The molecule has 22 heavy (non-hydrogen) atoms. The lowest BCUT2D eigenvalue weighted by Gasteiger charge is -2.26. The lowest BCUT2D eigenvalue weighted by molar-refractivity contribution is -0.124. The fraction of sp³-hybridized carbons (Fsp3) is 0.333. The van der Waals surface area contributed by atoms with Gasteiger partial charge in [-0.3, -0.25) is 4.79 Å². The standard InChI is InChI=1S/C12H11ClN6O.2ClH/c13-9-1-2-11(19-7-16-17-18-19)8(5-9)6-15-12(20)10-3-4-14-10;;/h1-2,5,10,14H,3-4,6H2;2*1H/t10-;;/m0../s1. The van der Waals surface area contributed by atoms with Gasteiger partial charge >= 0.3 is 6.34 Å². The second kappa shape index (κ2) is 8.22. The van der Waals surface area contributed by atoms with Crippen LogP contribution in [0.3, 0.4) is 0 Å². The van der Waals surface area contributed by atoms with E-state index in [-0.39, 0.29) is 36.8 Å². The Balaban J connectivity index is 0.00000121. The number of carbonyl (C=O) groups excluding carboxylic acids is 1. The van der Waals surface area contributed by atoms with E-state index >= 15 is 0 Å². The van der Waals surface area contributed by atoms with Crippen molar-refractivity contribution in [1.29, 1.82) is 0 Å². The monoisotopic (exact) mass is 362 g/mol. The molecule has 1 fully saturated rings. The van der Waals surface area contributed by atoms with Crippen molar-refractivity contribution in [3.63, 3.8) is 0 Å². The maximum atomic E-state index is 11.8. The average Bonchev–Trinajstić information content (AvgIpc) is 2.88. The number of benzene rings is 1. The smallest absolute Gasteiger partial charge is 0.371 e. The number of halogens is 3. The van der Waals surface area contributed by atoms with Crippen LogP contribution >= 0.6 is 24.0 Å². The Labute approximate surface area is 145 Å². The zero-order valence-corrected chi connectivity index (χ0v) is 13.6. The lowest BCUT2D eigenvalue weighted by atomic mass is 10.1. The predicted octanol–water partition coefficient (Wildman–Crippen LogP) is -1.25. The van der Waals surface area contributed by atoms with Crippen molar-refractivity contribution in [3.05, 3.63) is 28.8 Å². The summed E-state index contributed by atoms with van der Waals surface area (Å²) in [6.45, 7) is 1.25. The number of amides is 1. The van der Waals surface area contributed by atoms with E-state index in [4.69, 9.17) is 11.6 Å². The minimum atomic E-state index is -0.0859. The van der Waals surface area contributed by atoms with Gasteiger partial charge in [-0.25, -0.2) is 0 Å². The van der Waals surface area contributed by atoms with Crippen LogP contribution in [0.5, 0.6) is 0 Å². The first-order chi connectivity index (χ1) is 9.74. The Morgan fingerprint density at radius 2 is 2.32 bits per heavy atom. The van der Waals surface area contributed by atoms with Crippen molar-refractivity contribution < 1.29 is 17.2 Å². The van der Waals surface area contributed by atoms with Crippen LogP contribution in [-0.2, 0) is 11.3 Å². The normalized spacial score (nSPS) is 17.9. The van der Waals surface area contributed by atoms with E-state index in [1.807, 2.05) is 0 Å². The molecular weight excluding hydrogens is 351 g/mol. The minimum absolute atomic E-state index is 0. The highest BCUT2D eigenvalue weighted by Crippen LogP contribution is 2.25. The van der Waals surface area contributed by atoms with E-state index in [2.05, 4.69) is 32.5 Å². The second-order valence-electron chi connectivity index (χ2n) is 4.48. The van der Waals surface area contributed by atoms with Crippen LogP contribution in [0.4, 0.5) is 5.69 Å². The van der Waals surface area contributed by atoms with E-state index in [0.29, 0.717) is 11.6 Å². The first-order valence-corrected chi connectivity index (χ1v) is 6.58. The van der Waals surface area contributed by atoms with Crippen molar-refractivity contribution in [2.75, 3.05) is 11.6 Å². The van der Waals surface area contributed by atoms with Gasteiger partial charge in [0.2, 0.25) is 11.6 Å². The molecule has 118 valence electrons. The molecule has 0 unspecified atom stereocenters. The molecule has 2 N–H and O–H groups in total. The molecule has 1 aromatic rings. The maximum Gasteiger partial charge on any atom is 0.371 e. The number of rotatable bonds is 4. The molecule has 2 aliphatic heterocycles. The van der Waals surface area contributed by atoms with Gasteiger partial charge in [0.15, 0.2) is 0 Å². The fourth-order valence-electron chi connectivity index (χ4n) is 1.96. The van der Waals surface area contributed by atoms with Crippen molar-refractivity contribution in [3.8, 4) is 0 Å². The zero-order valence-electron chi connectivity index (χ0n) is 11.3. The Hall–Kier alpha value is -1.50. The van der Waals surface area contributed by atoms with Gasteiger partial charge in [0.25, 0.3) is 0 Å². The number of anilines is 1. The summed E-state index contributed by atoms with van der Waals surface area (Å²) in [6, 6.07) is 5.22. The van der Waals surface area contributed by atoms with E-state index in [9.17, 15) is 4.79 Å². The van der Waals surface area contributed by atoms with Crippen molar-refractivity contribution in [2.45, 2.75) is 19.0 Å². The summed E-state index contributed by atoms with van der Waals surface area (Å²) in [5.74, 6) is -0.0112. The third-order valence-electron chi connectivity index (χ3n) is 3.18. The Kier molecular flexibility index (Phi) is 6.93. The number of hydrogen-bond donors (Lipinski definition) is 2. The lowest BCUT2D eigenvalue weighted by Crippen LogP contribution is -3.00. The molecular formula is C12H13Cl3N6O. The summed E-state index contributed by atoms with van der Waals surface area (Å²) >= 11 is 6.00. The molecule has 3 rings (SSSR count). The van der Waals surface area contributed by atoms with Crippen molar-refractivity contribution in [1.82, 2.24) is 10.6 Å². The summed E-state index contributed by atoms with van der Waals surface area (Å²) in [5.41, 5.74) is 1.56. The molecule has 2 aliphatic rings. The Bertz CT molecular complexity index is 578. The molecule has 1 amide bonds. The van der Waals surface area contributed by atoms with Crippen LogP contribution < -0.4 is 28.0 Å². The summed E-state index contributed by atoms with van der Waals surface area (Å²) in [4.78, 5) is 11.8. The van der Waals surface area contributed by atoms with Crippen LogP contribution in [0.2, 0.25) is 5.02 Å². The fourth-order valence-corrected chi connectivity index (χ4v) is 2.16. The molecule has 2 heterocycles. The molecule has 10 heteroatoms. The van der Waals surface area contributed by atoms with E-state index in [0.717, 1.165) is 24.2 Å². The summed E-state index contributed by atoms with van der Waals surface area (Å²) in [6.07, 6.45) is 3.49. The molecule has 1 aromatic carbocycles. The summed E-state index contributed by atoms with van der Waals surface area (Å²) in [7, 11) is 0. The van der Waals surface area contributed by atoms with E-state index < -0.39 is 0 Å². The molecule has 1 atom stereocenters. The van der Waals surface area contributed by atoms with Crippen LogP contribution in [0, 0.1) is 0 Å². The SMILES string of the molecule is Cl.O=C(NCc1cc(Cl)ccc1N1[C+]=NN=N1)[C@@H]1CCN1.[Cl-]. The predicted molar refractivity (Wildman–Crippen MR) is 81.7 cm³/mol. The number of nitrogens with one attached hydrogen (secondary N) is 2. The van der Waals surface area contributed by atoms with Crippen molar-refractivity contribution in [2.24, 2.45) is 15.5 Å². The topological polar surface area (TPSA) is 81.5 Å². The van der Waals surface area contributed by atoms with Crippen LogP contribution in [0.1, 0.15) is 12.0 Å². The quantitative estimate of drug-likeness (QED) is 0.656. The zero-order chi connectivity index (χ0) is 13.9. The number of hydrogen-bond acceptors (Lipinski definition) is 6. The average molecular weight is 364 g/mol. The molecule has 0 bridgehead atoms. The van der Waals surface area contributed by atoms with Gasteiger partial charge in [0.05, 0.1) is 29.3 Å². The minimum Gasteiger partial charge on any atom is -1.00 e. The van der Waals surface area contributed by atoms with E-state index in [1.54, 1.807) is 18.2 Å². The highest BCUT2D eigenvalue weighted by atomic mass is 35.5. The highest BCUT2D eigenvalue weighted by Gasteiger charge is 2.27.